The van der Waals surface area contributed by atoms with E-state index in [2.05, 4.69) is 4.72 Å². The third-order valence-corrected chi connectivity index (χ3v) is 7.45. The van der Waals surface area contributed by atoms with Crippen molar-refractivity contribution in [3.05, 3.63) is 22.1 Å². The number of amides is 1. The van der Waals surface area contributed by atoms with Crippen molar-refractivity contribution in [1.29, 1.82) is 0 Å². The van der Waals surface area contributed by atoms with Crippen molar-refractivity contribution < 1.29 is 42.2 Å². The largest absolute Gasteiger partial charge is 0.481 e. The third-order valence-electron chi connectivity index (χ3n) is 5.76. The molecule has 2 rings (SSSR count). The Kier molecular flexibility index (Phi) is 8.54. The summed E-state index contributed by atoms with van der Waals surface area (Å²) in [6, 6.07) is 0. The highest BCUT2D eigenvalue weighted by molar-refractivity contribution is 7.93. The number of ether oxygens (including phenoxy) is 2. The van der Waals surface area contributed by atoms with Crippen LogP contribution in [0.3, 0.4) is 0 Å². The fraction of sp³-hybridized carbons (Fsp3) is 0.652. The van der Waals surface area contributed by atoms with Crippen molar-refractivity contribution in [2.45, 2.75) is 65.9 Å². The lowest BCUT2D eigenvalue weighted by atomic mass is 9.65. The van der Waals surface area contributed by atoms with E-state index in [9.17, 15) is 32.7 Å². The number of hydrogen-bond donors (Lipinski definition) is 3. The van der Waals surface area contributed by atoms with Crippen LogP contribution in [0.25, 0.3) is 0 Å². The molecule has 2 unspecified atom stereocenters. The summed E-state index contributed by atoms with van der Waals surface area (Å²) in [6.07, 6.45) is 1.63. The molecule has 4 N–H and O–H groups in total. The van der Waals surface area contributed by atoms with E-state index >= 15 is 0 Å². The van der Waals surface area contributed by atoms with Crippen molar-refractivity contribution in [2.24, 2.45) is 23.0 Å². The zero-order valence-electron chi connectivity index (χ0n) is 20.7. The van der Waals surface area contributed by atoms with E-state index in [0.717, 1.165) is 0 Å². The molecule has 1 saturated carbocycles. The minimum absolute atomic E-state index is 0.0314. The molecule has 0 saturated heterocycles. The lowest BCUT2D eigenvalue weighted by molar-refractivity contribution is -0.169. The van der Waals surface area contributed by atoms with Crippen LogP contribution in [0, 0.1) is 17.3 Å². The van der Waals surface area contributed by atoms with Crippen molar-refractivity contribution in [3.63, 3.8) is 0 Å². The second-order valence-electron chi connectivity index (χ2n) is 9.56. The van der Waals surface area contributed by atoms with E-state index in [4.69, 9.17) is 15.2 Å². The van der Waals surface area contributed by atoms with Gasteiger partial charge in [0.05, 0.1) is 17.1 Å². The molecular formula is C23H34N2O9S. The Labute approximate surface area is 205 Å². The Balaban J connectivity index is 2.89. The second-order valence-corrected chi connectivity index (χ2v) is 11.3. The first-order valence-corrected chi connectivity index (χ1v) is 13.0. The van der Waals surface area contributed by atoms with Crippen LogP contribution >= 0.6 is 0 Å². The molecule has 35 heavy (non-hydrogen) atoms. The van der Waals surface area contributed by atoms with E-state index in [1.165, 1.54) is 13.0 Å². The van der Waals surface area contributed by atoms with Gasteiger partial charge in [-0.15, -0.1) is 0 Å². The number of hydrogen-bond acceptors (Lipinski definition) is 8. The normalized spacial score (nSPS) is 22.9. The van der Waals surface area contributed by atoms with Crippen LogP contribution in [0.1, 0.15) is 60.3 Å². The fourth-order valence-corrected chi connectivity index (χ4v) is 6.04. The lowest BCUT2D eigenvalue weighted by Crippen LogP contribution is -2.51. The molecule has 2 aliphatic rings. The number of aliphatic carboxylic acids is 1. The van der Waals surface area contributed by atoms with Crippen molar-refractivity contribution in [2.75, 3.05) is 13.2 Å². The molecule has 0 radical (unpaired) electrons. The molecule has 0 aromatic carbocycles. The van der Waals surface area contributed by atoms with Gasteiger partial charge in [-0.2, -0.15) is 0 Å². The van der Waals surface area contributed by atoms with Gasteiger partial charge >= 0.3 is 17.9 Å². The quantitative estimate of drug-likeness (QED) is 0.343. The number of carboxylic acids is 1. The van der Waals surface area contributed by atoms with Crippen molar-refractivity contribution in [1.82, 2.24) is 4.72 Å². The molecule has 0 heterocycles. The van der Waals surface area contributed by atoms with Gasteiger partial charge < -0.3 is 20.3 Å². The van der Waals surface area contributed by atoms with Gasteiger partial charge in [0.2, 0.25) is 15.9 Å². The van der Waals surface area contributed by atoms with Crippen LogP contribution in [0.4, 0.5) is 0 Å². The maximum atomic E-state index is 13.5. The van der Waals surface area contributed by atoms with Gasteiger partial charge in [0.15, 0.2) is 0 Å². The maximum Gasteiger partial charge on any atom is 0.316 e. The minimum Gasteiger partial charge on any atom is -0.481 e. The van der Waals surface area contributed by atoms with Gasteiger partial charge in [0.1, 0.15) is 16.9 Å². The van der Waals surface area contributed by atoms with Crippen LogP contribution in [-0.2, 0) is 38.7 Å². The summed E-state index contributed by atoms with van der Waals surface area (Å²) in [7, 11) is -4.56. The standard InChI is InChI=1S/C23H34N2O9S/c1-6-25-35(31,32)18-16(19(24)27)13(8-11-15(26)33-7-2)12-23(21(29)30,14-9-10-14)17(18)20(28)34-22(3,4)5/h12,14,17,25H,6-11H2,1-5H3,(H2,24,27)(H,29,30). The number of carbonyl (C=O) groups is 4. The molecule has 1 amide bonds. The van der Waals surface area contributed by atoms with Gasteiger partial charge in [0.25, 0.3) is 0 Å². The smallest absolute Gasteiger partial charge is 0.316 e. The van der Waals surface area contributed by atoms with Gasteiger partial charge in [-0.25, -0.2) is 13.1 Å². The average molecular weight is 515 g/mol. The van der Waals surface area contributed by atoms with Crippen molar-refractivity contribution in [3.8, 4) is 0 Å². The predicted molar refractivity (Wildman–Crippen MR) is 125 cm³/mol. The molecule has 196 valence electrons. The highest BCUT2D eigenvalue weighted by atomic mass is 32.2. The van der Waals surface area contributed by atoms with Gasteiger partial charge in [-0.05, 0) is 58.4 Å². The number of nitrogens with one attached hydrogen (secondary N) is 1. The molecule has 0 aromatic heterocycles. The van der Waals surface area contributed by atoms with Crippen LogP contribution < -0.4 is 10.5 Å². The molecule has 0 spiro atoms. The Morgan fingerprint density at radius 1 is 1.20 bits per heavy atom. The SMILES string of the molecule is CCNS(=O)(=O)C1=C(C(N)=O)C(CCC(=O)OCC)=CC(C(=O)O)(C2CC2)C1C(=O)OC(C)(C)C. The zero-order chi connectivity index (χ0) is 26.8. The van der Waals surface area contributed by atoms with E-state index < -0.39 is 67.2 Å². The molecule has 12 heteroatoms. The molecular weight excluding hydrogens is 480 g/mol. The van der Waals surface area contributed by atoms with Crippen LogP contribution in [-0.4, -0.2) is 56.1 Å². The van der Waals surface area contributed by atoms with E-state index in [0.29, 0.717) is 12.8 Å². The summed E-state index contributed by atoms with van der Waals surface area (Å²) in [6.45, 7) is 7.81. The Morgan fingerprint density at radius 3 is 2.23 bits per heavy atom. The summed E-state index contributed by atoms with van der Waals surface area (Å²) in [4.78, 5) is 50.2. The van der Waals surface area contributed by atoms with Crippen LogP contribution in [0.5, 0.6) is 0 Å². The predicted octanol–water partition coefficient (Wildman–Crippen LogP) is 1.39. The highest BCUT2D eigenvalue weighted by Gasteiger charge is 2.63. The molecule has 0 bridgehead atoms. The summed E-state index contributed by atoms with van der Waals surface area (Å²) < 4.78 is 39.5. The number of carboxylic acid groups (broad SMARTS) is 1. The first-order chi connectivity index (χ1) is 16.1. The maximum absolute atomic E-state index is 13.5. The topological polar surface area (TPSA) is 179 Å². The van der Waals surface area contributed by atoms with Crippen LogP contribution in [0.15, 0.2) is 22.1 Å². The van der Waals surface area contributed by atoms with E-state index in [1.807, 2.05) is 0 Å². The summed E-state index contributed by atoms with van der Waals surface area (Å²) in [5.41, 5.74) is 1.98. The number of rotatable bonds is 11. The zero-order valence-corrected chi connectivity index (χ0v) is 21.5. The van der Waals surface area contributed by atoms with Gasteiger partial charge in [0, 0.05) is 13.0 Å². The number of sulfonamides is 1. The lowest BCUT2D eigenvalue weighted by Gasteiger charge is -2.40. The van der Waals surface area contributed by atoms with Gasteiger partial charge in [-0.1, -0.05) is 13.0 Å². The molecule has 2 aliphatic carbocycles. The number of nitrogens with two attached hydrogens (primary N) is 1. The first-order valence-electron chi connectivity index (χ1n) is 11.5. The minimum atomic E-state index is -4.56. The Morgan fingerprint density at radius 2 is 1.80 bits per heavy atom. The number of carbonyl (C=O) groups excluding carboxylic acids is 3. The second kappa shape index (κ2) is 10.5. The monoisotopic (exact) mass is 514 g/mol. The van der Waals surface area contributed by atoms with Crippen LogP contribution in [0.2, 0.25) is 0 Å². The Bertz CT molecular complexity index is 1070. The number of primary amides is 1. The van der Waals surface area contributed by atoms with E-state index in [1.54, 1.807) is 27.7 Å². The third kappa shape index (κ3) is 6.10. The Hall–Kier alpha value is -2.73. The number of esters is 2. The molecule has 0 aromatic rings. The first kappa shape index (κ1) is 28.5. The van der Waals surface area contributed by atoms with Gasteiger partial charge in [-0.3, -0.25) is 19.2 Å². The molecule has 1 fully saturated rings. The highest BCUT2D eigenvalue weighted by Crippen LogP contribution is 2.58. The summed E-state index contributed by atoms with van der Waals surface area (Å²) >= 11 is 0. The average Bonchev–Trinajstić information content (AvgIpc) is 3.55. The summed E-state index contributed by atoms with van der Waals surface area (Å²) in [5.74, 6) is -6.75. The molecule has 11 nitrogen and oxygen atoms in total. The molecule has 0 aliphatic heterocycles. The van der Waals surface area contributed by atoms with E-state index in [-0.39, 0.29) is 31.6 Å². The summed E-state index contributed by atoms with van der Waals surface area (Å²) in [5, 5.41) is 10.4. The molecule has 2 atom stereocenters. The fourth-order valence-electron chi connectivity index (χ4n) is 4.40. The van der Waals surface area contributed by atoms with Crippen molar-refractivity contribution >= 4 is 33.8 Å².